The molecule has 2 heterocycles. The number of aliphatic carboxylic acids is 1. The van der Waals surface area contributed by atoms with Crippen LogP contribution in [0.15, 0.2) is 59.1 Å². The van der Waals surface area contributed by atoms with E-state index in [0.717, 1.165) is 10.0 Å². The maximum Gasteiger partial charge on any atom is 0.308 e. The number of hydrogen-bond acceptors (Lipinski definition) is 5. The Morgan fingerprint density at radius 2 is 1.77 bits per heavy atom. The van der Waals surface area contributed by atoms with Crippen LogP contribution in [0.2, 0.25) is 0 Å². The second-order valence-electron chi connectivity index (χ2n) is 7.16. The van der Waals surface area contributed by atoms with Gasteiger partial charge in [-0.3, -0.25) is 14.5 Å². The summed E-state index contributed by atoms with van der Waals surface area (Å²) in [5.74, 6) is -2.07. The Balaban J connectivity index is 1.93. The van der Waals surface area contributed by atoms with Crippen molar-refractivity contribution in [1.29, 1.82) is 5.26 Å². The number of carbonyl (C=O) groups excluding carboxylic acids is 1. The SMILES string of the molecule is N#Cc1c(-c2ccc(O)cc2)cc(-c2ccc(Br)cc2)nc1N1CC(C(=O)O)CC1=O. The first-order chi connectivity index (χ1) is 14.9. The van der Waals surface area contributed by atoms with Crippen molar-refractivity contribution in [2.75, 3.05) is 11.4 Å². The molecule has 2 N–H and O–H groups in total. The molecule has 0 aliphatic carbocycles. The number of aromatic hydroxyl groups is 1. The van der Waals surface area contributed by atoms with Crippen molar-refractivity contribution in [3.63, 3.8) is 0 Å². The summed E-state index contributed by atoms with van der Waals surface area (Å²) >= 11 is 3.40. The normalized spacial score (nSPS) is 15.7. The van der Waals surface area contributed by atoms with Gasteiger partial charge in [-0.25, -0.2) is 4.98 Å². The van der Waals surface area contributed by atoms with E-state index in [1.165, 1.54) is 17.0 Å². The Morgan fingerprint density at radius 3 is 2.35 bits per heavy atom. The highest BCUT2D eigenvalue weighted by atomic mass is 79.9. The summed E-state index contributed by atoms with van der Waals surface area (Å²) in [4.78, 5) is 29.9. The Labute approximate surface area is 186 Å². The number of halogens is 1. The van der Waals surface area contributed by atoms with Gasteiger partial charge in [-0.05, 0) is 35.9 Å². The van der Waals surface area contributed by atoms with Gasteiger partial charge in [-0.2, -0.15) is 5.26 Å². The van der Waals surface area contributed by atoms with Crippen molar-refractivity contribution >= 4 is 33.6 Å². The van der Waals surface area contributed by atoms with Crippen LogP contribution >= 0.6 is 15.9 Å². The Morgan fingerprint density at radius 1 is 1.13 bits per heavy atom. The molecular formula is C23H16BrN3O4. The number of aromatic nitrogens is 1. The van der Waals surface area contributed by atoms with Crippen LogP contribution in [0.1, 0.15) is 12.0 Å². The molecule has 7 nitrogen and oxygen atoms in total. The number of phenols is 1. The highest BCUT2D eigenvalue weighted by Gasteiger charge is 2.37. The molecular weight excluding hydrogens is 462 g/mol. The van der Waals surface area contributed by atoms with Gasteiger partial charge in [0.05, 0.1) is 11.6 Å². The van der Waals surface area contributed by atoms with Crippen LogP contribution in [-0.2, 0) is 9.59 Å². The van der Waals surface area contributed by atoms with Crippen molar-refractivity contribution in [2.45, 2.75) is 6.42 Å². The highest BCUT2D eigenvalue weighted by Crippen LogP contribution is 2.36. The lowest BCUT2D eigenvalue weighted by atomic mass is 9.98. The van der Waals surface area contributed by atoms with E-state index >= 15 is 0 Å². The van der Waals surface area contributed by atoms with Gasteiger partial charge in [-0.15, -0.1) is 0 Å². The second kappa shape index (κ2) is 8.20. The number of anilines is 1. The van der Waals surface area contributed by atoms with Crippen LogP contribution in [-0.4, -0.2) is 33.6 Å². The Bertz CT molecular complexity index is 1220. The van der Waals surface area contributed by atoms with Gasteiger partial charge in [0.15, 0.2) is 5.82 Å². The molecule has 8 heteroatoms. The second-order valence-corrected chi connectivity index (χ2v) is 8.08. The summed E-state index contributed by atoms with van der Waals surface area (Å²) in [5.41, 5.74) is 2.69. The summed E-state index contributed by atoms with van der Waals surface area (Å²) in [6.45, 7) is -0.0470. The molecule has 4 rings (SSSR count). The first-order valence-electron chi connectivity index (χ1n) is 9.41. The summed E-state index contributed by atoms with van der Waals surface area (Å²) in [5, 5.41) is 28.9. The van der Waals surface area contributed by atoms with E-state index < -0.39 is 11.9 Å². The van der Waals surface area contributed by atoms with E-state index in [-0.39, 0.29) is 36.0 Å². The van der Waals surface area contributed by atoms with Gasteiger partial charge < -0.3 is 10.2 Å². The third kappa shape index (κ3) is 4.00. The third-order valence-corrected chi connectivity index (χ3v) is 5.69. The van der Waals surface area contributed by atoms with Crippen LogP contribution in [0.25, 0.3) is 22.4 Å². The minimum Gasteiger partial charge on any atom is -0.508 e. The molecule has 1 amide bonds. The lowest BCUT2D eigenvalue weighted by Crippen LogP contribution is -2.28. The lowest BCUT2D eigenvalue weighted by Gasteiger charge is -2.20. The third-order valence-electron chi connectivity index (χ3n) is 5.16. The molecule has 1 fully saturated rings. The summed E-state index contributed by atoms with van der Waals surface area (Å²) in [6.07, 6.45) is -0.140. The largest absolute Gasteiger partial charge is 0.508 e. The number of benzene rings is 2. The molecule has 0 saturated carbocycles. The zero-order chi connectivity index (χ0) is 22.1. The fourth-order valence-corrected chi connectivity index (χ4v) is 3.82. The molecule has 3 aromatic rings. The number of rotatable bonds is 4. The quantitative estimate of drug-likeness (QED) is 0.581. The van der Waals surface area contributed by atoms with E-state index in [0.29, 0.717) is 16.8 Å². The van der Waals surface area contributed by atoms with Crippen molar-refractivity contribution in [3.8, 4) is 34.2 Å². The lowest BCUT2D eigenvalue weighted by molar-refractivity contribution is -0.141. The number of phenolic OH excluding ortho intramolecular Hbond substituents is 1. The van der Waals surface area contributed by atoms with Crippen LogP contribution in [0.5, 0.6) is 5.75 Å². The number of nitriles is 1. The molecule has 2 aromatic carbocycles. The summed E-state index contributed by atoms with van der Waals surface area (Å²) < 4.78 is 0.892. The first kappa shape index (κ1) is 20.6. The average Bonchev–Trinajstić information content (AvgIpc) is 3.16. The summed E-state index contributed by atoms with van der Waals surface area (Å²) in [7, 11) is 0. The van der Waals surface area contributed by atoms with E-state index in [4.69, 9.17) is 0 Å². The standard InChI is InChI=1S/C23H16BrN3O4/c24-16-5-1-14(2-6-16)20-10-18(13-3-7-17(28)8-4-13)19(11-25)22(26-20)27-12-15(23(30)31)9-21(27)29/h1-8,10,15,28H,9,12H2,(H,30,31). The maximum absolute atomic E-state index is 12.6. The average molecular weight is 478 g/mol. The van der Waals surface area contributed by atoms with E-state index in [2.05, 4.69) is 27.0 Å². The number of amides is 1. The number of nitrogens with zero attached hydrogens (tertiary/aromatic N) is 3. The van der Waals surface area contributed by atoms with Crippen LogP contribution in [0.4, 0.5) is 5.82 Å². The van der Waals surface area contributed by atoms with Crippen LogP contribution in [0, 0.1) is 17.2 Å². The van der Waals surface area contributed by atoms with Gasteiger partial charge in [-0.1, -0.05) is 40.2 Å². The predicted molar refractivity (Wildman–Crippen MR) is 117 cm³/mol. The number of carboxylic acids is 1. The monoisotopic (exact) mass is 477 g/mol. The fourth-order valence-electron chi connectivity index (χ4n) is 3.55. The molecule has 1 unspecified atom stereocenters. The Hall–Kier alpha value is -3.70. The van der Waals surface area contributed by atoms with Crippen molar-refractivity contribution in [2.24, 2.45) is 5.92 Å². The molecule has 0 spiro atoms. The van der Waals surface area contributed by atoms with E-state index in [1.54, 1.807) is 18.2 Å². The van der Waals surface area contributed by atoms with Gasteiger partial charge >= 0.3 is 5.97 Å². The molecule has 1 aliphatic heterocycles. The smallest absolute Gasteiger partial charge is 0.308 e. The zero-order valence-electron chi connectivity index (χ0n) is 16.1. The van der Waals surface area contributed by atoms with Gasteiger partial charge in [0, 0.05) is 28.6 Å². The molecule has 1 saturated heterocycles. The van der Waals surface area contributed by atoms with Crippen molar-refractivity contribution in [3.05, 3.63) is 64.6 Å². The van der Waals surface area contributed by atoms with Crippen molar-refractivity contribution < 1.29 is 19.8 Å². The van der Waals surface area contributed by atoms with Gasteiger partial charge in [0.2, 0.25) is 5.91 Å². The molecule has 1 atom stereocenters. The van der Waals surface area contributed by atoms with E-state index in [9.17, 15) is 25.1 Å². The van der Waals surface area contributed by atoms with E-state index in [1.807, 2.05) is 24.3 Å². The van der Waals surface area contributed by atoms with Gasteiger partial charge in [0.25, 0.3) is 0 Å². The molecule has 1 aromatic heterocycles. The summed E-state index contributed by atoms with van der Waals surface area (Å²) in [6, 6.07) is 17.7. The molecule has 31 heavy (non-hydrogen) atoms. The predicted octanol–water partition coefficient (Wildman–Crippen LogP) is 4.19. The molecule has 0 bridgehead atoms. The van der Waals surface area contributed by atoms with Crippen LogP contribution < -0.4 is 4.90 Å². The number of carboxylic acid groups (broad SMARTS) is 1. The highest BCUT2D eigenvalue weighted by molar-refractivity contribution is 9.10. The molecule has 0 radical (unpaired) electrons. The maximum atomic E-state index is 12.6. The zero-order valence-corrected chi connectivity index (χ0v) is 17.7. The molecule has 154 valence electrons. The number of pyridine rings is 1. The topological polar surface area (TPSA) is 115 Å². The number of hydrogen-bond donors (Lipinski definition) is 2. The number of carbonyl (C=O) groups is 2. The first-order valence-corrected chi connectivity index (χ1v) is 10.2. The van der Waals surface area contributed by atoms with Crippen molar-refractivity contribution in [1.82, 2.24) is 4.98 Å². The Kier molecular flexibility index (Phi) is 5.44. The fraction of sp³-hybridized carbons (Fsp3) is 0.130. The molecule has 1 aliphatic rings. The minimum atomic E-state index is -1.06. The van der Waals surface area contributed by atoms with Gasteiger partial charge in [0.1, 0.15) is 17.4 Å². The van der Waals surface area contributed by atoms with Crippen LogP contribution in [0.3, 0.4) is 0 Å². The minimum absolute atomic E-state index is 0.0470.